The van der Waals surface area contributed by atoms with Gasteiger partial charge in [0.2, 0.25) is 5.91 Å². The number of likely N-dealkylation sites (N-methyl/N-ethyl adjacent to an activating group) is 1. The summed E-state index contributed by atoms with van der Waals surface area (Å²) in [6.07, 6.45) is 3.93. The molecule has 5 N–H and O–H groups in total. The largest absolute Gasteiger partial charge is 0.488 e. The van der Waals surface area contributed by atoms with Crippen LogP contribution in [0.2, 0.25) is 0 Å². The fourth-order valence-electron chi connectivity index (χ4n) is 4.71. The molecule has 1 aliphatic rings. The van der Waals surface area contributed by atoms with E-state index in [4.69, 9.17) is 4.74 Å². The van der Waals surface area contributed by atoms with Crippen LogP contribution in [-0.2, 0) is 9.59 Å². The maximum absolute atomic E-state index is 13.2. The number of hydrogen-bond acceptors (Lipinski definition) is 6. The molecule has 198 valence electrons. The second kappa shape index (κ2) is 12.7. The molecule has 3 amide bonds. The zero-order valence-corrected chi connectivity index (χ0v) is 21.8. The monoisotopic (exact) mass is 509 g/mol. The molecule has 2 aromatic rings. The zero-order chi connectivity index (χ0) is 27.1. The quantitative estimate of drug-likeness (QED) is 0.327. The molecule has 0 aromatic heterocycles. The predicted octanol–water partition coefficient (Wildman–Crippen LogP) is 1.81. The van der Waals surface area contributed by atoms with Crippen molar-refractivity contribution in [1.29, 1.82) is 0 Å². The van der Waals surface area contributed by atoms with E-state index in [9.17, 15) is 24.4 Å². The summed E-state index contributed by atoms with van der Waals surface area (Å²) in [5.74, 6) is -0.648. The molecule has 1 fully saturated rings. The van der Waals surface area contributed by atoms with Crippen LogP contribution in [0.1, 0.15) is 60.5 Å². The van der Waals surface area contributed by atoms with Crippen LogP contribution >= 0.6 is 0 Å². The van der Waals surface area contributed by atoms with E-state index >= 15 is 0 Å². The standard InChI is InChI=1S/C27H36BN3O6/c1-16-9-8-10-17(2)24(16)37-18(3)25(32)30-22-14-20(13-21(15-22)28(35)36)26(33)31-23(27(34)29-4)19-11-6-5-7-12-19/h8-10,13-15,18-19,23,35-36H,5-7,11-12H2,1-4H3,(H,29,34)(H,30,32)(H,31,33)/t18?,23-/m1/s1. The van der Waals surface area contributed by atoms with E-state index in [1.807, 2.05) is 32.0 Å². The molecule has 37 heavy (non-hydrogen) atoms. The molecule has 2 atom stereocenters. The van der Waals surface area contributed by atoms with Gasteiger partial charge in [0, 0.05) is 18.3 Å². The summed E-state index contributed by atoms with van der Waals surface area (Å²) in [6, 6.07) is 9.13. The van der Waals surface area contributed by atoms with Gasteiger partial charge in [-0.25, -0.2) is 0 Å². The van der Waals surface area contributed by atoms with Crippen LogP contribution in [-0.4, -0.2) is 54.1 Å². The molecular weight excluding hydrogens is 473 g/mol. The maximum atomic E-state index is 13.2. The Hall–Kier alpha value is -3.37. The van der Waals surface area contributed by atoms with E-state index in [1.165, 1.54) is 25.2 Å². The van der Waals surface area contributed by atoms with Gasteiger partial charge in [-0.2, -0.15) is 0 Å². The molecule has 0 spiro atoms. The van der Waals surface area contributed by atoms with Crippen LogP contribution in [0.5, 0.6) is 5.75 Å². The number of aryl methyl sites for hydroxylation is 2. The first-order valence-electron chi connectivity index (χ1n) is 12.7. The lowest BCUT2D eigenvalue weighted by molar-refractivity contribution is -0.124. The first-order valence-corrected chi connectivity index (χ1v) is 12.7. The third kappa shape index (κ3) is 7.33. The number of hydrogen-bond donors (Lipinski definition) is 5. The van der Waals surface area contributed by atoms with Gasteiger partial charge in [0.05, 0.1) is 0 Å². The third-order valence-electron chi connectivity index (χ3n) is 6.79. The Morgan fingerprint density at radius 1 is 1.00 bits per heavy atom. The highest BCUT2D eigenvalue weighted by Crippen LogP contribution is 2.27. The van der Waals surface area contributed by atoms with Gasteiger partial charge < -0.3 is 30.7 Å². The number of benzene rings is 2. The van der Waals surface area contributed by atoms with Crippen LogP contribution in [0, 0.1) is 19.8 Å². The van der Waals surface area contributed by atoms with E-state index in [0.717, 1.165) is 43.2 Å². The fraction of sp³-hybridized carbons (Fsp3) is 0.444. The lowest BCUT2D eigenvalue weighted by Gasteiger charge is -2.29. The molecule has 0 bridgehead atoms. The van der Waals surface area contributed by atoms with Gasteiger partial charge in [0.25, 0.3) is 11.8 Å². The molecule has 0 heterocycles. The summed E-state index contributed by atoms with van der Waals surface area (Å²) >= 11 is 0. The Balaban J connectivity index is 1.79. The van der Waals surface area contributed by atoms with Crippen molar-refractivity contribution in [3.8, 4) is 5.75 Å². The number of carbonyl (C=O) groups excluding carboxylic acids is 3. The highest BCUT2D eigenvalue weighted by Gasteiger charge is 2.31. The van der Waals surface area contributed by atoms with Crippen molar-refractivity contribution >= 4 is 36.0 Å². The first-order chi connectivity index (χ1) is 17.6. The molecule has 0 radical (unpaired) electrons. The topological polar surface area (TPSA) is 137 Å². The summed E-state index contributed by atoms with van der Waals surface area (Å²) in [6.45, 7) is 5.39. The Bertz CT molecular complexity index is 1110. The van der Waals surface area contributed by atoms with Crippen molar-refractivity contribution in [2.45, 2.75) is 65.0 Å². The smallest absolute Gasteiger partial charge is 0.480 e. The van der Waals surface area contributed by atoms with Gasteiger partial charge >= 0.3 is 7.12 Å². The van der Waals surface area contributed by atoms with Gasteiger partial charge in [-0.1, -0.05) is 37.5 Å². The molecule has 10 heteroatoms. The molecule has 3 rings (SSSR count). The number of ether oxygens (including phenoxy) is 1. The van der Waals surface area contributed by atoms with Crippen molar-refractivity contribution in [2.75, 3.05) is 12.4 Å². The number of rotatable bonds is 9. The van der Waals surface area contributed by atoms with Crippen molar-refractivity contribution in [2.24, 2.45) is 5.92 Å². The van der Waals surface area contributed by atoms with Crippen LogP contribution in [0.15, 0.2) is 36.4 Å². The average Bonchev–Trinajstić information content (AvgIpc) is 2.89. The van der Waals surface area contributed by atoms with Crippen molar-refractivity contribution in [3.63, 3.8) is 0 Å². The summed E-state index contributed by atoms with van der Waals surface area (Å²) < 4.78 is 5.89. The van der Waals surface area contributed by atoms with Crippen molar-refractivity contribution in [1.82, 2.24) is 10.6 Å². The Labute approximate surface area is 218 Å². The molecular formula is C27H36BN3O6. The Kier molecular flexibility index (Phi) is 9.71. The maximum Gasteiger partial charge on any atom is 0.488 e. The van der Waals surface area contributed by atoms with Crippen LogP contribution in [0.25, 0.3) is 0 Å². The van der Waals surface area contributed by atoms with E-state index in [1.54, 1.807) is 6.92 Å². The molecule has 1 aliphatic carbocycles. The van der Waals surface area contributed by atoms with Gasteiger partial charge in [-0.15, -0.1) is 0 Å². The van der Waals surface area contributed by atoms with Gasteiger partial charge in [-0.05, 0) is 74.3 Å². The summed E-state index contributed by atoms with van der Waals surface area (Å²) in [5.41, 5.74) is 2.11. The molecule has 0 aliphatic heterocycles. The third-order valence-corrected chi connectivity index (χ3v) is 6.79. The number of para-hydroxylation sites is 1. The highest BCUT2D eigenvalue weighted by molar-refractivity contribution is 6.58. The second-order valence-corrected chi connectivity index (χ2v) is 9.65. The average molecular weight is 509 g/mol. The van der Waals surface area contributed by atoms with Gasteiger partial charge in [-0.3, -0.25) is 14.4 Å². The van der Waals surface area contributed by atoms with Crippen molar-refractivity contribution < 1.29 is 29.2 Å². The lowest BCUT2D eigenvalue weighted by Crippen LogP contribution is -2.50. The lowest BCUT2D eigenvalue weighted by atomic mass is 9.79. The van der Waals surface area contributed by atoms with E-state index in [2.05, 4.69) is 16.0 Å². The van der Waals surface area contributed by atoms with Crippen LogP contribution in [0.3, 0.4) is 0 Å². The number of amides is 3. The second-order valence-electron chi connectivity index (χ2n) is 9.65. The van der Waals surface area contributed by atoms with Crippen LogP contribution in [0.4, 0.5) is 5.69 Å². The van der Waals surface area contributed by atoms with Crippen LogP contribution < -0.4 is 26.2 Å². The predicted molar refractivity (Wildman–Crippen MR) is 143 cm³/mol. The minimum absolute atomic E-state index is 0.0198. The molecule has 2 aromatic carbocycles. The fourth-order valence-corrected chi connectivity index (χ4v) is 4.71. The minimum Gasteiger partial charge on any atom is -0.480 e. The van der Waals surface area contributed by atoms with Crippen molar-refractivity contribution in [3.05, 3.63) is 53.1 Å². The Morgan fingerprint density at radius 2 is 1.65 bits per heavy atom. The minimum atomic E-state index is -1.86. The normalized spacial score (nSPS) is 15.3. The summed E-state index contributed by atoms with van der Waals surface area (Å²) in [5, 5.41) is 27.7. The molecule has 1 saturated carbocycles. The first kappa shape index (κ1) is 28.2. The molecule has 1 unspecified atom stereocenters. The zero-order valence-electron chi connectivity index (χ0n) is 21.8. The summed E-state index contributed by atoms with van der Waals surface area (Å²) in [7, 11) is -0.331. The SMILES string of the molecule is CNC(=O)[C@H](NC(=O)c1cc(NC(=O)C(C)Oc2c(C)cccc2C)cc(B(O)O)c1)C1CCCCC1. The summed E-state index contributed by atoms with van der Waals surface area (Å²) in [4.78, 5) is 38.7. The highest BCUT2D eigenvalue weighted by atomic mass is 16.5. The number of carbonyl (C=O) groups is 3. The van der Waals surface area contributed by atoms with E-state index in [-0.39, 0.29) is 28.5 Å². The van der Waals surface area contributed by atoms with E-state index in [0.29, 0.717) is 5.75 Å². The van der Waals surface area contributed by atoms with Gasteiger partial charge in [0.15, 0.2) is 6.10 Å². The molecule has 9 nitrogen and oxygen atoms in total. The van der Waals surface area contributed by atoms with Gasteiger partial charge in [0.1, 0.15) is 11.8 Å². The van der Waals surface area contributed by atoms with E-state index < -0.39 is 31.1 Å². The number of anilines is 1. The Morgan fingerprint density at radius 3 is 2.24 bits per heavy atom. The number of nitrogens with one attached hydrogen (secondary N) is 3. The molecule has 0 saturated heterocycles.